The van der Waals surface area contributed by atoms with Gasteiger partial charge in [0.1, 0.15) is 17.2 Å². The molecule has 0 aliphatic carbocycles. The highest BCUT2D eigenvalue weighted by atomic mass is 19.4. The Labute approximate surface area is 125 Å². The van der Waals surface area contributed by atoms with E-state index >= 15 is 0 Å². The van der Waals surface area contributed by atoms with Gasteiger partial charge in [0, 0.05) is 12.1 Å². The maximum absolute atomic E-state index is 13.3. The molecule has 118 valence electrons. The van der Waals surface area contributed by atoms with Gasteiger partial charge in [-0.15, -0.1) is 0 Å². The number of fused-ring (bicyclic) bond motifs is 1. The quantitative estimate of drug-likeness (QED) is 0.454. The Bertz CT molecular complexity index is 850. The van der Waals surface area contributed by atoms with Gasteiger partial charge in [0.15, 0.2) is 0 Å². The molecule has 0 bridgehead atoms. The van der Waals surface area contributed by atoms with Crippen LogP contribution in [0.4, 0.5) is 27.6 Å². The zero-order valence-corrected chi connectivity index (χ0v) is 11.1. The van der Waals surface area contributed by atoms with Crippen LogP contribution >= 0.6 is 0 Å². The summed E-state index contributed by atoms with van der Waals surface area (Å²) in [7, 11) is 0. The smallest absolute Gasteiger partial charge is 0.416 e. The molecular weight excluding hydrogens is 321 g/mol. The summed E-state index contributed by atoms with van der Waals surface area (Å²) < 4.78 is 64.5. The van der Waals surface area contributed by atoms with Crippen LogP contribution in [0, 0.1) is 16.8 Å². The second-order valence-corrected chi connectivity index (χ2v) is 4.86. The van der Waals surface area contributed by atoms with Crippen molar-refractivity contribution < 1.29 is 31.5 Å². The number of alkyl halides is 3. The lowest BCUT2D eigenvalue weighted by atomic mass is 10.0. The Morgan fingerprint density at radius 3 is 2.13 bits per heavy atom. The third kappa shape index (κ3) is 2.45. The predicted molar refractivity (Wildman–Crippen MR) is 69.5 cm³/mol. The topological polar surface area (TPSA) is 43.1 Å². The summed E-state index contributed by atoms with van der Waals surface area (Å²) in [5.74, 6) is -2.92. The van der Waals surface area contributed by atoms with Crippen LogP contribution in [0.5, 0.6) is 0 Å². The van der Waals surface area contributed by atoms with Crippen LogP contribution in [0.25, 0.3) is 0 Å². The van der Waals surface area contributed by atoms with Gasteiger partial charge in [0.05, 0.1) is 11.1 Å². The molecule has 0 spiro atoms. The predicted octanol–water partition coefficient (Wildman–Crippen LogP) is 3.81. The first-order valence-corrected chi connectivity index (χ1v) is 6.25. The molecule has 0 amide bonds. The second-order valence-electron chi connectivity index (χ2n) is 4.86. The largest absolute Gasteiger partial charge is 0.618 e. The molecule has 0 saturated heterocycles. The lowest BCUT2D eigenvalue weighted by Gasteiger charge is -2.07. The summed E-state index contributed by atoms with van der Waals surface area (Å²) in [4.78, 5) is 12.2. The van der Waals surface area contributed by atoms with Crippen LogP contribution in [0.2, 0.25) is 0 Å². The minimum Gasteiger partial charge on any atom is -0.618 e. The molecular formula is C15H6F5NO2. The molecule has 3 nitrogen and oxygen atoms in total. The van der Waals surface area contributed by atoms with E-state index in [1.54, 1.807) is 0 Å². The molecule has 0 N–H and O–H groups in total. The zero-order chi connectivity index (χ0) is 16.9. The first-order chi connectivity index (χ1) is 10.7. The summed E-state index contributed by atoms with van der Waals surface area (Å²) in [6, 6.07) is 4.14. The number of nitrogens with zero attached hydrogens (tertiary/aromatic N) is 1. The third-order valence-electron chi connectivity index (χ3n) is 3.34. The Morgan fingerprint density at radius 1 is 0.957 bits per heavy atom. The van der Waals surface area contributed by atoms with E-state index in [-0.39, 0.29) is 15.9 Å². The van der Waals surface area contributed by atoms with Crippen LogP contribution < -0.4 is 0 Å². The van der Waals surface area contributed by atoms with Crippen molar-refractivity contribution in [1.82, 2.24) is 0 Å². The summed E-state index contributed by atoms with van der Waals surface area (Å²) in [5, 5.41) is 12.2. The maximum Gasteiger partial charge on any atom is 0.416 e. The molecule has 3 rings (SSSR count). The molecule has 23 heavy (non-hydrogen) atoms. The monoisotopic (exact) mass is 327 g/mol. The van der Waals surface area contributed by atoms with E-state index in [1.165, 1.54) is 0 Å². The van der Waals surface area contributed by atoms with Crippen LogP contribution in [-0.4, -0.2) is 16.2 Å². The third-order valence-corrected chi connectivity index (χ3v) is 3.34. The maximum atomic E-state index is 13.3. The Morgan fingerprint density at radius 2 is 1.57 bits per heavy atom. The van der Waals surface area contributed by atoms with Crippen molar-refractivity contribution in [1.29, 1.82) is 0 Å². The Balaban J connectivity index is 2.19. The fourth-order valence-corrected chi connectivity index (χ4v) is 2.35. The average molecular weight is 327 g/mol. The molecule has 2 aromatic carbocycles. The summed E-state index contributed by atoms with van der Waals surface area (Å²) in [6.07, 6.45) is -4.69. The number of hydrogen-bond donors (Lipinski definition) is 0. The van der Waals surface area contributed by atoms with Crippen LogP contribution in [0.1, 0.15) is 21.5 Å². The molecule has 0 unspecified atom stereocenters. The number of hydrogen-bond acceptors (Lipinski definition) is 2. The van der Waals surface area contributed by atoms with Gasteiger partial charge in [-0.25, -0.2) is 8.78 Å². The normalized spacial score (nSPS) is 14.4. The SMILES string of the molecule is O=C1C(c2cc(F)cc(F)c2)=[N+]([O-])c2cc(C(F)(F)F)ccc21. The number of benzene rings is 2. The van der Waals surface area contributed by atoms with Crippen molar-refractivity contribution in [3.63, 3.8) is 0 Å². The standard InChI is InChI=1S/C15H6F5NO2/c16-9-3-7(4-10(17)6-9)13-14(22)11-2-1-8(15(18,19)20)5-12(11)21(13)23/h1-6H. The second kappa shape index (κ2) is 4.87. The fourth-order valence-electron chi connectivity index (χ4n) is 2.35. The molecule has 1 heterocycles. The Kier molecular flexibility index (Phi) is 3.20. The number of carbonyl (C=O) groups is 1. The van der Waals surface area contributed by atoms with E-state index in [0.717, 1.165) is 18.2 Å². The lowest BCUT2D eigenvalue weighted by molar-refractivity contribution is -0.355. The summed E-state index contributed by atoms with van der Waals surface area (Å²) in [6.45, 7) is 0. The molecule has 8 heteroatoms. The highest BCUT2D eigenvalue weighted by molar-refractivity contribution is 6.52. The molecule has 2 aromatic rings. The van der Waals surface area contributed by atoms with Gasteiger partial charge >= 0.3 is 6.18 Å². The van der Waals surface area contributed by atoms with Gasteiger partial charge in [0.2, 0.25) is 5.69 Å². The van der Waals surface area contributed by atoms with Gasteiger partial charge in [0.25, 0.3) is 11.5 Å². The van der Waals surface area contributed by atoms with Crippen molar-refractivity contribution >= 4 is 17.2 Å². The van der Waals surface area contributed by atoms with E-state index in [0.29, 0.717) is 18.2 Å². The van der Waals surface area contributed by atoms with Crippen molar-refractivity contribution in [2.45, 2.75) is 6.18 Å². The molecule has 1 aliphatic rings. The van der Waals surface area contributed by atoms with Crippen LogP contribution in [0.15, 0.2) is 36.4 Å². The van der Waals surface area contributed by atoms with Crippen LogP contribution in [0.3, 0.4) is 0 Å². The molecule has 0 aromatic heterocycles. The van der Waals surface area contributed by atoms with Crippen LogP contribution in [-0.2, 0) is 6.18 Å². The molecule has 0 saturated carbocycles. The summed E-state index contributed by atoms with van der Waals surface area (Å²) >= 11 is 0. The highest BCUT2D eigenvalue weighted by Crippen LogP contribution is 2.36. The molecule has 0 fully saturated rings. The van der Waals surface area contributed by atoms with Gasteiger partial charge in [-0.1, -0.05) is 0 Å². The van der Waals surface area contributed by atoms with Gasteiger partial charge < -0.3 is 5.21 Å². The Hall–Kier alpha value is -2.77. The van der Waals surface area contributed by atoms with Crippen molar-refractivity contribution in [2.75, 3.05) is 0 Å². The lowest BCUT2D eigenvalue weighted by Crippen LogP contribution is -2.17. The van der Waals surface area contributed by atoms with Crippen molar-refractivity contribution in [2.24, 2.45) is 0 Å². The molecule has 0 atom stereocenters. The van der Waals surface area contributed by atoms with Crippen molar-refractivity contribution in [3.8, 4) is 0 Å². The molecule has 1 aliphatic heterocycles. The minimum atomic E-state index is -4.69. The minimum absolute atomic E-state index is 0.0406. The van der Waals surface area contributed by atoms with E-state index in [2.05, 4.69) is 0 Å². The van der Waals surface area contributed by atoms with E-state index in [1.807, 2.05) is 0 Å². The van der Waals surface area contributed by atoms with Gasteiger partial charge in [-0.05, 0) is 24.3 Å². The van der Waals surface area contributed by atoms with E-state index in [9.17, 15) is 32.0 Å². The fraction of sp³-hybridized carbons (Fsp3) is 0.0667. The van der Waals surface area contributed by atoms with Crippen molar-refractivity contribution in [3.05, 3.63) is 69.9 Å². The first kappa shape index (κ1) is 15.1. The number of ketones is 1. The number of halogens is 5. The number of carbonyl (C=O) groups excluding carboxylic acids is 1. The van der Waals surface area contributed by atoms with E-state index in [4.69, 9.17) is 0 Å². The molecule has 0 radical (unpaired) electrons. The first-order valence-electron chi connectivity index (χ1n) is 6.25. The number of Topliss-reactive ketones (excluding diaryl/α,β-unsaturated/α-hetero) is 1. The van der Waals surface area contributed by atoms with Gasteiger partial charge in [-0.2, -0.15) is 17.9 Å². The summed E-state index contributed by atoms with van der Waals surface area (Å²) in [5.41, 5.74) is -2.83. The zero-order valence-electron chi connectivity index (χ0n) is 11.1. The number of rotatable bonds is 1. The average Bonchev–Trinajstić information content (AvgIpc) is 2.68. The van der Waals surface area contributed by atoms with Gasteiger partial charge in [-0.3, -0.25) is 4.79 Å². The van der Waals surface area contributed by atoms with E-state index < -0.39 is 40.6 Å². The highest BCUT2D eigenvalue weighted by Gasteiger charge is 2.40.